The highest BCUT2D eigenvalue weighted by atomic mass is 16.3. The molecule has 0 spiro atoms. The molecule has 108 valence electrons. The summed E-state index contributed by atoms with van der Waals surface area (Å²) in [5.41, 5.74) is 4.02. The lowest BCUT2D eigenvalue weighted by Gasteiger charge is -2.06. The Balaban J connectivity index is 1.85. The molecule has 4 nitrogen and oxygen atoms in total. The van der Waals surface area contributed by atoms with Gasteiger partial charge in [0.05, 0.1) is 17.3 Å². The number of benzene rings is 1. The van der Waals surface area contributed by atoms with Crippen LogP contribution in [-0.2, 0) is 13.1 Å². The van der Waals surface area contributed by atoms with Crippen LogP contribution in [0.2, 0.25) is 0 Å². The summed E-state index contributed by atoms with van der Waals surface area (Å²) >= 11 is 0. The van der Waals surface area contributed by atoms with Gasteiger partial charge in [0.1, 0.15) is 13.1 Å². The summed E-state index contributed by atoms with van der Waals surface area (Å²) in [5.74, 6) is 0.916. The van der Waals surface area contributed by atoms with E-state index in [1.54, 1.807) is 6.26 Å². The number of furan rings is 1. The Labute approximate surface area is 122 Å². The second-order valence-electron chi connectivity index (χ2n) is 5.45. The topological polar surface area (TPSA) is 62.6 Å². The van der Waals surface area contributed by atoms with Gasteiger partial charge in [0.25, 0.3) is 5.56 Å². The van der Waals surface area contributed by atoms with E-state index in [1.165, 1.54) is 5.56 Å². The van der Waals surface area contributed by atoms with Gasteiger partial charge in [-0.15, -0.1) is 0 Å². The van der Waals surface area contributed by atoms with Crippen molar-refractivity contribution in [1.29, 1.82) is 0 Å². The van der Waals surface area contributed by atoms with Crippen molar-refractivity contribution in [3.05, 3.63) is 69.4 Å². The molecule has 0 aliphatic carbocycles. The quantitative estimate of drug-likeness (QED) is 0.769. The van der Waals surface area contributed by atoms with Gasteiger partial charge in [-0.1, -0.05) is 11.6 Å². The van der Waals surface area contributed by atoms with Gasteiger partial charge in [0, 0.05) is 0 Å². The molecular formula is C17H19N2O2+. The van der Waals surface area contributed by atoms with E-state index in [0.717, 1.165) is 34.3 Å². The van der Waals surface area contributed by atoms with E-state index in [-0.39, 0.29) is 5.56 Å². The van der Waals surface area contributed by atoms with Crippen molar-refractivity contribution >= 4 is 10.9 Å². The number of hydrogen-bond acceptors (Lipinski definition) is 2. The molecule has 1 aromatic carbocycles. The van der Waals surface area contributed by atoms with Gasteiger partial charge in [-0.2, -0.15) is 0 Å². The lowest BCUT2D eigenvalue weighted by Crippen LogP contribution is -2.81. The number of nitrogens with two attached hydrogens (primary N) is 1. The van der Waals surface area contributed by atoms with Crippen molar-refractivity contribution in [2.45, 2.75) is 26.9 Å². The van der Waals surface area contributed by atoms with Gasteiger partial charge in [0.15, 0.2) is 5.76 Å². The van der Waals surface area contributed by atoms with E-state index >= 15 is 0 Å². The van der Waals surface area contributed by atoms with Crippen LogP contribution in [0.15, 0.2) is 45.8 Å². The summed E-state index contributed by atoms with van der Waals surface area (Å²) in [6, 6.07) is 9.99. The summed E-state index contributed by atoms with van der Waals surface area (Å²) in [7, 11) is 0. The third kappa shape index (κ3) is 2.90. The second kappa shape index (κ2) is 5.58. The molecular weight excluding hydrogens is 264 g/mol. The fourth-order valence-electron chi connectivity index (χ4n) is 2.68. The molecule has 0 aliphatic rings. The number of rotatable bonds is 4. The van der Waals surface area contributed by atoms with E-state index in [0.29, 0.717) is 6.54 Å². The molecule has 4 heteroatoms. The average molecular weight is 283 g/mol. The van der Waals surface area contributed by atoms with E-state index in [1.807, 2.05) is 25.1 Å². The van der Waals surface area contributed by atoms with Gasteiger partial charge < -0.3 is 14.7 Å². The predicted molar refractivity (Wildman–Crippen MR) is 82.1 cm³/mol. The molecule has 0 radical (unpaired) electrons. The van der Waals surface area contributed by atoms with E-state index in [9.17, 15) is 4.79 Å². The summed E-state index contributed by atoms with van der Waals surface area (Å²) in [5, 5.41) is 3.16. The van der Waals surface area contributed by atoms with Crippen LogP contribution in [0.25, 0.3) is 10.9 Å². The molecule has 21 heavy (non-hydrogen) atoms. The number of nitrogens with one attached hydrogen (secondary N) is 1. The zero-order valence-corrected chi connectivity index (χ0v) is 12.3. The van der Waals surface area contributed by atoms with Crippen LogP contribution < -0.4 is 10.9 Å². The lowest BCUT2D eigenvalue weighted by atomic mass is 10.1. The first kappa shape index (κ1) is 13.6. The van der Waals surface area contributed by atoms with Crippen LogP contribution in [0.4, 0.5) is 0 Å². The Bertz CT molecular complexity index is 817. The largest absolute Gasteiger partial charge is 0.463 e. The number of aryl methyl sites for hydroxylation is 2. The average Bonchev–Trinajstić information content (AvgIpc) is 2.93. The molecule has 2 heterocycles. The SMILES string of the molecule is Cc1cc(C)c2[nH]c(=O)c(C[NH2+]Cc3ccco3)cc2c1. The third-order valence-corrected chi connectivity index (χ3v) is 3.66. The highest BCUT2D eigenvalue weighted by Gasteiger charge is 2.07. The number of hydrogen-bond donors (Lipinski definition) is 2. The van der Waals surface area contributed by atoms with Gasteiger partial charge in [-0.05, 0) is 49.1 Å². The molecule has 3 N–H and O–H groups in total. The van der Waals surface area contributed by atoms with Gasteiger partial charge in [-0.3, -0.25) is 4.79 Å². The van der Waals surface area contributed by atoms with Gasteiger partial charge >= 0.3 is 0 Å². The third-order valence-electron chi connectivity index (χ3n) is 3.66. The normalized spacial score (nSPS) is 11.1. The Kier molecular flexibility index (Phi) is 3.62. The van der Waals surface area contributed by atoms with Crippen molar-refractivity contribution < 1.29 is 9.73 Å². The van der Waals surface area contributed by atoms with E-state index in [2.05, 4.69) is 29.4 Å². The number of fused-ring (bicyclic) bond motifs is 1. The first-order valence-corrected chi connectivity index (χ1v) is 7.10. The van der Waals surface area contributed by atoms with Crippen LogP contribution in [0, 0.1) is 13.8 Å². The maximum Gasteiger partial charge on any atom is 0.257 e. The van der Waals surface area contributed by atoms with Crippen LogP contribution >= 0.6 is 0 Å². The minimum atomic E-state index is -0.00912. The fourth-order valence-corrected chi connectivity index (χ4v) is 2.68. The first-order chi connectivity index (χ1) is 10.1. The van der Waals surface area contributed by atoms with Crippen LogP contribution in [0.5, 0.6) is 0 Å². The minimum Gasteiger partial charge on any atom is -0.463 e. The molecule has 0 bridgehead atoms. The van der Waals surface area contributed by atoms with E-state index in [4.69, 9.17) is 4.42 Å². The summed E-state index contributed by atoms with van der Waals surface area (Å²) in [6.07, 6.45) is 1.66. The Morgan fingerprint density at radius 1 is 1.19 bits per heavy atom. The number of quaternary nitrogens is 1. The molecule has 0 atom stereocenters. The zero-order valence-electron chi connectivity index (χ0n) is 12.3. The number of H-pyrrole nitrogens is 1. The summed E-state index contributed by atoms with van der Waals surface area (Å²) < 4.78 is 5.29. The predicted octanol–water partition coefficient (Wildman–Crippen LogP) is 2.00. The fraction of sp³-hybridized carbons (Fsp3) is 0.235. The van der Waals surface area contributed by atoms with Crippen molar-refractivity contribution in [1.82, 2.24) is 4.98 Å². The monoisotopic (exact) mass is 283 g/mol. The van der Waals surface area contributed by atoms with Gasteiger partial charge in [-0.25, -0.2) is 0 Å². The summed E-state index contributed by atoms with van der Waals surface area (Å²) in [6.45, 7) is 5.46. The van der Waals surface area contributed by atoms with Crippen molar-refractivity contribution in [3.8, 4) is 0 Å². The van der Waals surface area contributed by atoms with Crippen LogP contribution in [-0.4, -0.2) is 4.98 Å². The molecule has 0 saturated heterocycles. The van der Waals surface area contributed by atoms with Crippen molar-refractivity contribution in [2.24, 2.45) is 0 Å². The second-order valence-corrected chi connectivity index (χ2v) is 5.45. The molecule has 0 fully saturated rings. The van der Waals surface area contributed by atoms with Gasteiger partial charge in [0.2, 0.25) is 0 Å². The maximum absolute atomic E-state index is 12.2. The standard InChI is InChI=1S/C17H18N2O2/c1-11-6-12(2)16-13(7-11)8-14(17(20)19-16)9-18-10-15-4-3-5-21-15/h3-8,18H,9-10H2,1-2H3,(H,19,20)/p+1. The zero-order chi connectivity index (χ0) is 14.8. The first-order valence-electron chi connectivity index (χ1n) is 7.10. The number of aromatic nitrogens is 1. The van der Waals surface area contributed by atoms with E-state index < -0.39 is 0 Å². The molecule has 0 saturated carbocycles. The molecule has 0 unspecified atom stereocenters. The van der Waals surface area contributed by atoms with Crippen molar-refractivity contribution in [3.63, 3.8) is 0 Å². The molecule has 0 amide bonds. The summed E-state index contributed by atoms with van der Waals surface area (Å²) in [4.78, 5) is 15.2. The Morgan fingerprint density at radius 2 is 2.05 bits per heavy atom. The highest BCUT2D eigenvalue weighted by Crippen LogP contribution is 2.17. The Morgan fingerprint density at radius 3 is 2.81 bits per heavy atom. The molecule has 0 aliphatic heterocycles. The Hall–Kier alpha value is -2.33. The smallest absolute Gasteiger partial charge is 0.257 e. The molecule has 3 rings (SSSR count). The number of aromatic amines is 1. The molecule has 2 aromatic heterocycles. The highest BCUT2D eigenvalue weighted by molar-refractivity contribution is 5.82. The van der Waals surface area contributed by atoms with Crippen LogP contribution in [0.1, 0.15) is 22.5 Å². The van der Waals surface area contributed by atoms with Crippen molar-refractivity contribution in [2.75, 3.05) is 0 Å². The number of pyridine rings is 1. The maximum atomic E-state index is 12.2. The molecule has 3 aromatic rings. The minimum absolute atomic E-state index is 0.00912. The van der Waals surface area contributed by atoms with Crippen LogP contribution in [0.3, 0.4) is 0 Å². The lowest BCUT2D eigenvalue weighted by molar-refractivity contribution is -0.688.